The standard InChI is InChI=1S/C28H20ClNO2/c29-23-16-17-26(25(19-23)27(31)22-14-8-3-9-15-22)30-28(32)24(21-12-6-2-7-13-21)18-20-10-4-1-5-11-20/h1-19H,(H,30,32)/b24-18+. The number of halogens is 1. The van der Waals surface area contributed by atoms with E-state index in [9.17, 15) is 9.59 Å². The molecular weight excluding hydrogens is 418 g/mol. The van der Waals surface area contributed by atoms with E-state index in [1.54, 1.807) is 42.5 Å². The Hall–Kier alpha value is -3.95. The molecule has 0 spiro atoms. The first-order valence-electron chi connectivity index (χ1n) is 10.1. The number of carbonyl (C=O) groups is 2. The molecule has 0 heterocycles. The monoisotopic (exact) mass is 437 g/mol. The number of hydrogen-bond acceptors (Lipinski definition) is 2. The van der Waals surface area contributed by atoms with Crippen molar-refractivity contribution in [3.8, 4) is 0 Å². The van der Waals surface area contributed by atoms with Gasteiger partial charge < -0.3 is 5.32 Å². The molecule has 0 radical (unpaired) electrons. The van der Waals surface area contributed by atoms with E-state index in [2.05, 4.69) is 5.32 Å². The van der Waals surface area contributed by atoms with E-state index in [0.717, 1.165) is 11.1 Å². The summed E-state index contributed by atoms with van der Waals surface area (Å²) in [6, 6.07) is 32.9. The summed E-state index contributed by atoms with van der Waals surface area (Å²) in [5.41, 5.74) is 3.43. The van der Waals surface area contributed by atoms with Crippen molar-refractivity contribution in [3.05, 3.63) is 136 Å². The third kappa shape index (κ3) is 5.02. The molecule has 0 atom stereocenters. The molecule has 0 saturated heterocycles. The highest BCUT2D eigenvalue weighted by Crippen LogP contribution is 2.26. The summed E-state index contributed by atoms with van der Waals surface area (Å²) in [5, 5.41) is 3.34. The van der Waals surface area contributed by atoms with Crippen LogP contribution in [0.1, 0.15) is 27.0 Å². The zero-order valence-electron chi connectivity index (χ0n) is 17.2. The molecule has 4 aromatic carbocycles. The van der Waals surface area contributed by atoms with Crippen molar-refractivity contribution >= 4 is 40.6 Å². The smallest absolute Gasteiger partial charge is 0.256 e. The van der Waals surface area contributed by atoms with Gasteiger partial charge in [-0.05, 0) is 35.4 Å². The Labute approximate surface area is 192 Å². The van der Waals surface area contributed by atoms with Crippen LogP contribution < -0.4 is 5.32 Å². The molecule has 0 aliphatic rings. The van der Waals surface area contributed by atoms with Crippen molar-refractivity contribution in [3.63, 3.8) is 0 Å². The van der Waals surface area contributed by atoms with Crippen molar-refractivity contribution in [2.24, 2.45) is 0 Å². The van der Waals surface area contributed by atoms with Gasteiger partial charge in [-0.2, -0.15) is 0 Å². The molecule has 0 bridgehead atoms. The van der Waals surface area contributed by atoms with Gasteiger partial charge in [0.05, 0.1) is 5.69 Å². The summed E-state index contributed by atoms with van der Waals surface area (Å²) in [4.78, 5) is 26.5. The highest BCUT2D eigenvalue weighted by molar-refractivity contribution is 6.32. The maximum absolute atomic E-state index is 13.4. The first kappa shape index (κ1) is 21.3. The van der Waals surface area contributed by atoms with Crippen LogP contribution in [0.2, 0.25) is 5.02 Å². The number of hydrogen-bond donors (Lipinski definition) is 1. The molecule has 32 heavy (non-hydrogen) atoms. The first-order chi connectivity index (χ1) is 15.6. The van der Waals surface area contributed by atoms with Crippen LogP contribution in [-0.4, -0.2) is 11.7 Å². The first-order valence-corrected chi connectivity index (χ1v) is 10.5. The summed E-state index contributed by atoms with van der Waals surface area (Å²) in [5.74, 6) is -0.527. The summed E-state index contributed by atoms with van der Waals surface area (Å²) in [6.45, 7) is 0. The quantitative estimate of drug-likeness (QED) is 0.206. The molecule has 3 nitrogen and oxygen atoms in total. The number of ketones is 1. The van der Waals surface area contributed by atoms with Gasteiger partial charge in [0.15, 0.2) is 5.78 Å². The molecule has 0 fully saturated rings. The second-order valence-corrected chi connectivity index (χ2v) is 7.61. The van der Waals surface area contributed by atoms with Crippen LogP contribution in [-0.2, 0) is 4.79 Å². The van der Waals surface area contributed by atoms with Gasteiger partial charge in [-0.1, -0.05) is 103 Å². The van der Waals surface area contributed by atoms with E-state index in [1.165, 1.54) is 0 Å². The van der Waals surface area contributed by atoms with Gasteiger partial charge >= 0.3 is 0 Å². The highest BCUT2D eigenvalue weighted by atomic mass is 35.5. The molecule has 4 rings (SSSR count). The Kier molecular flexibility index (Phi) is 6.59. The zero-order chi connectivity index (χ0) is 22.3. The molecule has 0 saturated carbocycles. The molecule has 0 unspecified atom stereocenters. The van der Waals surface area contributed by atoms with E-state index in [-0.39, 0.29) is 11.7 Å². The molecule has 1 amide bonds. The number of rotatable bonds is 6. The second kappa shape index (κ2) is 9.90. The third-order valence-electron chi connectivity index (χ3n) is 4.95. The fourth-order valence-corrected chi connectivity index (χ4v) is 3.53. The fourth-order valence-electron chi connectivity index (χ4n) is 3.36. The molecule has 0 aromatic heterocycles. The lowest BCUT2D eigenvalue weighted by Gasteiger charge is -2.13. The lowest BCUT2D eigenvalue weighted by Crippen LogP contribution is -2.16. The number of amides is 1. The van der Waals surface area contributed by atoms with E-state index in [4.69, 9.17) is 11.6 Å². The molecule has 156 valence electrons. The minimum Gasteiger partial charge on any atom is -0.321 e. The minimum absolute atomic E-state index is 0.211. The fraction of sp³-hybridized carbons (Fsp3) is 0. The Morgan fingerprint density at radius 1 is 0.688 bits per heavy atom. The summed E-state index contributed by atoms with van der Waals surface area (Å²) < 4.78 is 0. The van der Waals surface area contributed by atoms with E-state index >= 15 is 0 Å². The topological polar surface area (TPSA) is 46.2 Å². The number of benzene rings is 4. The number of nitrogens with one attached hydrogen (secondary N) is 1. The Morgan fingerprint density at radius 3 is 1.88 bits per heavy atom. The molecular formula is C28H20ClNO2. The highest BCUT2D eigenvalue weighted by Gasteiger charge is 2.18. The van der Waals surface area contributed by atoms with Crippen LogP contribution in [0.5, 0.6) is 0 Å². The minimum atomic E-state index is -0.315. The van der Waals surface area contributed by atoms with Gasteiger partial charge in [0, 0.05) is 21.7 Å². The summed E-state index contributed by atoms with van der Waals surface area (Å²) in [7, 11) is 0. The predicted molar refractivity (Wildman–Crippen MR) is 131 cm³/mol. The molecule has 4 heteroatoms. The largest absolute Gasteiger partial charge is 0.321 e. The second-order valence-electron chi connectivity index (χ2n) is 7.17. The van der Waals surface area contributed by atoms with E-state index in [1.807, 2.05) is 72.8 Å². The molecule has 0 aliphatic carbocycles. The van der Waals surface area contributed by atoms with Gasteiger partial charge in [-0.3, -0.25) is 9.59 Å². The maximum atomic E-state index is 13.4. The zero-order valence-corrected chi connectivity index (χ0v) is 17.9. The Bertz CT molecular complexity index is 1270. The average molecular weight is 438 g/mol. The number of anilines is 1. The predicted octanol–water partition coefficient (Wildman–Crippen LogP) is 6.75. The van der Waals surface area contributed by atoms with Gasteiger partial charge in [-0.25, -0.2) is 0 Å². The molecule has 0 aliphatic heterocycles. The van der Waals surface area contributed by atoms with E-state index in [0.29, 0.717) is 27.4 Å². The molecule has 4 aromatic rings. The summed E-state index contributed by atoms with van der Waals surface area (Å²) in [6.07, 6.45) is 1.83. The van der Waals surface area contributed by atoms with Gasteiger partial charge in [0.1, 0.15) is 0 Å². The van der Waals surface area contributed by atoms with Crippen LogP contribution in [0.4, 0.5) is 5.69 Å². The van der Waals surface area contributed by atoms with Crippen molar-refractivity contribution < 1.29 is 9.59 Å². The van der Waals surface area contributed by atoms with Crippen LogP contribution in [0, 0.1) is 0 Å². The Balaban J connectivity index is 1.72. The molecule has 1 N–H and O–H groups in total. The van der Waals surface area contributed by atoms with Crippen LogP contribution in [0.3, 0.4) is 0 Å². The lowest BCUT2D eigenvalue weighted by molar-refractivity contribution is -0.111. The van der Waals surface area contributed by atoms with Gasteiger partial charge in [0.2, 0.25) is 0 Å². The SMILES string of the molecule is O=C(Nc1ccc(Cl)cc1C(=O)c1ccccc1)/C(=C/c1ccccc1)c1ccccc1. The number of carbonyl (C=O) groups excluding carboxylic acids is 2. The summed E-state index contributed by atoms with van der Waals surface area (Å²) >= 11 is 6.17. The Morgan fingerprint density at radius 2 is 1.25 bits per heavy atom. The lowest BCUT2D eigenvalue weighted by atomic mass is 9.99. The van der Waals surface area contributed by atoms with Crippen molar-refractivity contribution in [1.82, 2.24) is 0 Å². The van der Waals surface area contributed by atoms with Crippen molar-refractivity contribution in [2.45, 2.75) is 0 Å². The van der Waals surface area contributed by atoms with Gasteiger partial charge in [0.25, 0.3) is 5.91 Å². The van der Waals surface area contributed by atoms with Crippen LogP contribution >= 0.6 is 11.6 Å². The third-order valence-corrected chi connectivity index (χ3v) is 5.19. The van der Waals surface area contributed by atoms with E-state index < -0.39 is 0 Å². The normalized spacial score (nSPS) is 11.1. The average Bonchev–Trinajstić information content (AvgIpc) is 2.85. The van der Waals surface area contributed by atoms with Crippen molar-refractivity contribution in [2.75, 3.05) is 5.32 Å². The van der Waals surface area contributed by atoms with Crippen LogP contribution in [0.15, 0.2) is 109 Å². The van der Waals surface area contributed by atoms with Gasteiger partial charge in [-0.15, -0.1) is 0 Å². The maximum Gasteiger partial charge on any atom is 0.256 e. The van der Waals surface area contributed by atoms with Crippen molar-refractivity contribution in [1.29, 1.82) is 0 Å². The van der Waals surface area contributed by atoms with Crippen LogP contribution in [0.25, 0.3) is 11.6 Å².